The van der Waals surface area contributed by atoms with Crippen LogP contribution in [0.5, 0.6) is 0 Å². The lowest BCUT2D eigenvalue weighted by Crippen LogP contribution is -2.38. The SMILES string of the molecule is CC1CC(C)CC(NCC2CCCc3ccccc32)C1. The average molecular weight is 271 g/mol. The highest BCUT2D eigenvalue weighted by Gasteiger charge is 2.25. The van der Waals surface area contributed by atoms with Gasteiger partial charge in [-0.1, -0.05) is 38.1 Å². The molecule has 1 saturated carbocycles. The van der Waals surface area contributed by atoms with Gasteiger partial charge in [-0.2, -0.15) is 0 Å². The molecule has 0 radical (unpaired) electrons. The molecule has 1 aromatic rings. The molecule has 0 spiro atoms. The van der Waals surface area contributed by atoms with Crippen molar-refractivity contribution in [2.24, 2.45) is 11.8 Å². The second-order valence-electron chi connectivity index (χ2n) is 7.31. The zero-order valence-electron chi connectivity index (χ0n) is 13.1. The van der Waals surface area contributed by atoms with Crippen LogP contribution in [0.2, 0.25) is 0 Å². The van der Waals surface area contributed by atoms with Crippen molar-refractivity contribution in [1.29, 1.82) is 0 Å². The lowest BCUT2D eigenvalue weighted by molar-refractivity contribution is 0.235. The van der Waals surface area contributed by atoms with E-state index in [0.717, 1.165) is 23.8 Å². The zero-order chi connectivity index (χ0) is 13.9. The smallest absolute Gasteiger partial charge is 0.00723 e. The first-order chi connectivity index (χ1) is 9.72. The van der Waals surface area contributed by atoms with Crippen LogP contribution in [0.1, 0.15) is 63.0 Å². The third-order valence-corrected chi connectivity index (χ3v) is 5.33. The number of hydrogen-bond donors (Lipinski definition) is 1. The highest BCUT2D eigenvalue weighted by Crippen LogP contribution is 2.32. The number of nitrogens with one attached hydrogen (secondary N) is 1. The fraction of sp³-hybridized carbons (Fsp3) is 0.684. The topological polar surface area (TPSA) is 12.0 Å². The van der Waals surface area contributed by atoms with E-state index in [4.69, 9.17) is 0 Å². The zero-order valence-corrected chi connectivity index (χ0v) is 13.1. The molecule has 0 bridgehead atoms. The van der Waals surface area contributed by atoms with E-state index in [9.17, 15) is 0 Å². The molecule has 1 aromatic carbocycles. The van der Waals surface area contributed by atoms with Gasteiger partial charge < -0.3 is 5.32 Å². The van der Waals surface area contributed by atoms with Gasteiger partial charge in [-0.25, -0.2) is 0 Å². The minimum absolute atomic E-state index is 0.743. The summed E-state index contributed by atoms with van der Waals surface area (Å²) in [6.07, 6.45) is 8.18. The van der Waals surface area contributed by atoms with E-state index in [2.05, 4.69) is 43.4 Å². The molecular formula is C19H29N. The highest BCUT2D eigenvalue weighted by atomic mass is 14.9. The maximum absolute atomic E-state index is 3.89. The van der Waals surface area contributed by atoms with Crippen LogP contribution in [0.15, 0.2) is 24.3 Å². The molecule has 1 heteroatoms. The first kappa shape index (κ1) is 14.1. The van der Waals surface area contributed by atoms with Gasteiger partial charge in [-0.3, -0.25) is 0 Å². The second kappa shape index (κ2) is 6.30. The molecule has 0 aliphatic heterocycles. The van der Waals surface area contributed by atoms with E-state index in [1.807, 2.05) is 0 Å². The Bertz CT molecular complexity index is 429. The average Bonchev–Trinajstić information content (AvgIpc) is 2.44. The normalized spacial score (nSPS) is 33.7. The Morgan fingerprint density at radius 2 is 1.80 bits per heavy atom. The first-order valence-electron chi connectivity index (χ1n) is 8.53. The maximum Gasteiger partial charge on any atom is 0.00723 e. The number of hydrogen-bond acceptors (Lipinski definition) is 1. The summed E-state index contributed by atoms with van der Waals surface area (Å²) in [4.78, 5) is 0. The molecule has 3 rings (SSSR count). The molecule has 0 heterocycles. The Morgan fingerprint density at radius 1 is 1.05 bits per heavy atom. The Balaban J connectivity index is 1.59. The molecular weight excluding hydrogens is 242 g/mol. The van der Waals surface area contributed by atoms with Crippen molar-refractivity contribution in [3.63, 3.8) is 0 Å². The van der Waals surface area contributed by atoms with Crippen LogP contribution in [-0.4, -0.2) is 12.6 Å². The lowest BCUT2D eigenvalue weighted by atomic mass is 9.79. The van der Waals surface area contributed by atoms with Gasteiger partial charge in [0, 0.05) is 12.6 Å². The van der Waals surface area contributed by atoms with Crippen molar-refractivity contribution < 1.29 is 0 Å². The lowest BCUT2D eigenvalue weighted by Gasteiger charge is -2.34. The van der Waals surface area contributed by atoms with Crippen LogP contribution < -0.4 is 5.32 Å². The molecule has 0 saturated heterocycles. The molecule has 0 aromatic heterocycles. The number of aryl methyl sites for hydroxylation is 1. The minimum atomic E-state index is 0.743. The van der Waals surface area contributed by atoms with E-state index < -0.39 is 0 Å². The fourth-order valence-electron chi connectivity index (χ4n) is 4.49. The Morgan fingerprint density at radius 3 is 2.60 bits per heavy atom. The summed E-state index contributed by atoms with van der Waals surface area (Å²) in [5, 5.41) is 3.89. The summed E-state index contributed by atoms with van der Waals surface area (Å²) in [5.41, 5.74) is 3.21. The summed E-state index contributed by atoms with van der Waals surface area (Å²) < 4.78 is 0. The second-order valence-corrected chi connectivity index (χ2v) is 7.31. The van der Waals surface area contributed by atoms with Crippen LogP contribution in [0.4, 0.5) is 0 Å². The van der Waals surface area contributed by atoms with Crippen LogP contribution in [-0.2, 0) is 6.42 Å². The van der Waals surface area contributed by atoms with E-state index in [-0.39, 0.29) is 0 Å². The first-order valence-corrected chi connectivity index (χ1v) is 8.53. The minimum Gasteiger partial charge on any atom is -0.313 e. The molecule has 1 N–H and O–H groups in total. The Kier molecular flexibility index (Phi) is 4.45. The Labute approximate surface area is 124 Å². The standard InChI is InChI=1S/C19H29N/c1-14-10-15(2)12-18(11-14)20-13-17-8-5-7-16-6-3-4-9-19(16)17/h3-4,6,9,14-15,17-18,20H,5,7-8,10-13H2,1-2H3. The van der Waals surface area contributed by atoms with Gasteiger partial charge in [0.25, 0.3) is 0 Å². The van der Waals surface area contributed by atoms with Crippen LogP contribution in [0, 0.1) is 11.8 Å². The summed E-state index contributed by atoms with van der Waals surface area (Å²) in [7, 11) is 0. The van der Waals surface area contributed by atoms with E-state index in [1.54, 1.807) is 11.1 Å². The molecule has 3 unspecified atom stereocenters. The van der Waals surface area contributed by atoms with E-state index >= 15 is 0 Å². The summed E-state index contributed by atoms with van der Waals surface area (Å²) >= 11 is 0. The predicted molar refractivity (Wildman–Crippen MR) is 86.1 cm³/mol. The van der Waals surface area contributed by atoms with Crippen molar-refractivity contribution in [3.05, 3.63) is 35.4 Å². The molecule has 0 amide bonds. The van der Waals surface area contributed by atoms with Crippen LogP contribution in [0.3, 0.4) is 0 Å². The third kappa shape index (κ3) is 3.25. The molecule has 1 fully saturated rings. The van der Waals surface area contributed by atoms with Crippen molar-refractivity contribution in [2.45, 2.75) is 64.3 Å². The van der Waals surface area contributed by atoms with Gasteiger partial charge in [-0.15, -0.1) is 0 Å². The van der Waals surface area contributed by atoms with Crippen molar-refractivity contribution in [2.75, 3.05) is 6.54 Å². The molecule has 110 valence electrons. The Hall–Kier alpha value is -0.820. The molecule has 20 heavy (non-hydrogen) atoms. The van der Waals surface area contributed by atoms with Gasteiger partial charge in [-0.05, 0) is 67.4 Å². The van der Waals surface area contributed by atoms with Gasteiger partial charge in [0.2, 0.25) is 0 Å². The monoisotopic (exact) mass is 271 g/mol. The molecule has 3 atom stereocenters. The third-order valence-electron chi connectivity index (χ3n) is 5.33. The fourth-order valence-corrected chi connectivity index (χ4v) is 4.49. The van der Waals surface area contributed by atoms with Gasteiger partial charge in [0.15, 0.2) is 0 Å². The molecule has 2 aliphatic rings. The summed E-state index contributed by atoms with van der Waals surface area (Å²) in [5.74, 6) is 2.54. The van der Waals surface area contributed by atoms with Crippen LogP contribution in [0.25, 0.3) is 0 Å². The van der Waals surface area contributed by atoms with E-state index in [0.29, 0.717) is 0 Å². The van der Waals surface area contributed by atoms with Gasteiger partial charge in [0.1, 0.15) is 0 Å². The number of fused-ring (bicyclic) bond motifs is 1. The molecule has 1 nitrogen and oxygen atoms in total. The number of benzene rings is 1. The molecule has 2 aliphatic carbocycles. The predicted octanol–water partition coefficient (Wildman–Crippen LogP) is 4.52. The van der Waals surface area contributed by atoms with Gasteiger partial charge >= 0.3 is 0 Å². The van der Waals surface area contributed by atoms with Crippen LogP contribution >= 0.6 is 0 Å². The van der Waals surface area contributed by atoms with Crippen molar-refractivity contribution in [1.82, 2.24) is 5.32 Å². The largest absolute Gasteiger partial charge is 0.313 e. The van der Waals surface area contributed by atoms with E-state index in [1.165, 1.54) is 45.1 Å². The number of rotatable bonds is 3. The van der Waals surface area contributed by atoms with Crippen molar-refractivity contribution in [3.8, 4) is 0 Å². The highest BCUT2D eigenvalue weighted by molar-refractivity contribution is 5.32. The summed E-state index contributed by atoms with van der Waals surface area (Å²) in [6.45, 7) is 6.02. The quantitative estimate of drug-likeness (QED) is 0.852. The maximum atomic E-state index is 3.89. The summed E-state index contributed by atoms with van der Waals surface area (Å²) in [6, 6.07) is 9.84. The van der Waals surface area contributed by atoms with Crippen molar-refractivity contribution >= 4 is 0 Å². The van der Waals surface area contributed by atoms with Gasteiger partial charge in [0.05, 0.1) is 0 Å².